The molecule has 3 heterocycles. The molecule has 23 heavy (non-hydrogen) atoms. The first-order valence-electron chi connectivity index (χ1n) is 8.08. The normalized spacial score (nSPS) is 20.6. The van der Waals surface area contributed by atoms with Gasteiger partial charge in [-0.3, -0.25) is 14.9 Å². The molecular weight excluding hydrogens is 292 g/mol. The Hall–Kier alpha value is -2.21. The van der Waals surface area contributed by atoms with Gasteiger partial charge in [-0.15, -0.1) is 0 Å². The number of carbonyl (C=O) groups excluding carboxylic acids is 1. The van der Waals surface area contributed by atoms with E-state index in [2.05, 4.69) is 27.4 Å². The van der Waals surface area contributed by atoms with E-state index in [9.17, 15) is 4.79 Å². The maximum Gasteiger partial charge on any atom is 0.272 e. The van der Waals surface area contributed by atoms with Gasteiger partial charge in [0.25, 0.3) is 5.91 Å². The molecule has 0 bridgehead atoms. The molecule has 1 fully saturated rings. The Labute approximate surface area is 135 Å². The standard InChI is InChI=1S/C17H22N4O2/c1-2-3-14-9-15(21-20-14)17(22)19-16-11-23-10-13(16)8-12-4-6-18-7-5-12/h4-7,9,13,16H,2-3,8,10-11H2,1H3,(H,19,22)(H,20,21)/t13-,16+/m1/s1. The van der Waals surface area contributed by atoms with Crippen molar-refractivity contribution < 1.29 is 9.53 Å². The van der Waals surface area contributed by atoms with Crippen LogP contribution in [-0.2, 0) is 17.6 Å². The molecule has 2 atom stereocenters. The second-order valence-corrected chi connectivity index (χ2v) is 5.97. The number of pyridine rings is 1. The molecule has 2 aromatic rings. The molecule has 0 spiro atoms. The van der Waals surface area contributed by atoms with Crippen molar-refractivity contribution in [3.63, 3.8) is 0 Å². The summed E-state index contributed by atoms with van der Waals surface area (Å²) in [7, 11) is 0. The van der Waals surface area contributed by atoms with Crippen LogP contribution in [0.15, 0.2) is 30.6 Å². The van der Waals surface area contributed by atoms with E-state index in [0.29, 0.717) is 18.9 Å². The van der Waals surface area contributed by atoms with Crippen molar-refractivity contribution in [3.8, 4) is 0 Å². The largest absolute Gasteiger partial charge is 0.379 e. The fourth-order valence-electron chi connectivity index (χ4n) is 2.90. The molecule has 6 nitrogen and oxygen atoms in total. The first-order chi connectivity index (χ1) is 11.3. The molecule has 1 amide bonds. The zero-order chi connectivity index (χ0) is 16.1. The minimum Gasteiger partial charge on any atom is -0.379 e. The number of nitrogens with zero attached hydrogens (tertiary/aromatic N) is 2. The van der Waals surface area contributed by atoms with Crippen LogP contribution in [-0.4, -0.2) is 40.3 Å². The van der Waals surface area contributed by atoms with E-state index in [1.165, 1.54) is 5.56 Å². The Bertz CT molecular complexity index is 641. The Balaban J connectivity index is 1.60. The number of amides is 1. The predicted molar refractivity (Wildman–Crippen MR) is 86.1 cm³/mol. The number of aryl methyl sites for hydroxylation is 1. The van der Waals surface area contributed by atoms with E-state index in [0.717, 1.165) is 25.0 Å². The van der Waals surface area contributed by atoms with Crippen LogP contribution in [0, 0.1) is 5.92 Å². The van der Waals surface area contributed by atoms with E-state index in [-0.39, 0.29) is 17.9 Å². The summed E-state index contributed by atoms with van der Waals surface area (Å²) in [6.45, 7) is 3.31. The second kappa shape index (κ2) is 7.37. The number of carbonyl (C=O) groups is 1. The highest BCUT2D eigenvalue weighted by Crippen LogP contribution is 2.19. The zero-order valence-corrected chi connectivity index (χ0v) is 13.3. The smallest absolute Gasteiger partial charge is 0.272 e. The molecule has 2 N–H and O–H groups in total. The van der Waals surface area contributed by atoms with Gasteiger partial charge >= 0.3 is 0 Å². The van der Waals surface area contributed by atoms with Gasteiger partial charge in [0.15, 0.2) is 0 Å². The van der Waals surface area contributed by atoms with Crippen molar-refractivity contribution >= 4 is 5.91 Å². The van der Waals surface area contributed by atoms with Crippen LogP contribution >= 0.6 is 0 Å². The van der Waals surface area contributed by atoms with Crippen molar-refractivity contribution in [1.82, 2.24) is 20.5 Å². The van der Waals surface area contributed by atoms with E-state index in [4.69, 9.17) is 4.74 Å². The SMILES string of the molecule is CCCc1cc(C(=O)N[C@H]2COC[C@H]2Cc2ccncc2)n[nH]1. The minimum atomic E-state index is -0.140. The summed E-state index contributed by atoms with van der Waals surface area (Å²) >= 11 is 0. The lowest BCUT2D eigenvalue weighted by molar-refractivity contribution is 0.0920. The molecule has 0 aliphatic carbocycles. The van der Waals surface area contributed by atoms with Gasteiger partial charge in [0.1, 0.15) is 5.69 Å². The first kappa shape index (κ1) is 15.7. The van der Waals surface area contributed by atoms with Crippen LogP contribution in [0.2, 0.25) is 0 Å². The highest BCUT2D eigenvalue weighted by atomic mass is 16.5. The summed E-state index contributed by atoms with van der Waals surface area (Å²) in [4.78, 5) is 16.4. The molecule has 0 aromatic carbocycles. The summed E-state index contributed by atoms with van der Waals surface area (Å²) in [5.41, 5.74) is 2.65. The number of hydrogen-bond acceptors (Lipinski definition) is 4. The van der Waals surface area contributed by atoms with Gasteiger partial charge in [-0.1, -0.05) is 13.3 Å². The van der Waals surface area contributed by atoms with Gasteiger partial charge in [0, 0.05) is 24.0 Å². The van der Waals surface area contributed by atoms with Crippen LogP contribution in [0.1, 0.15) is 35.1 Å². The second-order valence-electron chi connectivity index (χ2n) is 5.97. The zero-order valence-electron chi connectivity index (χ0n) is 13.3. The highest BCUT2D eigenvalue weighted by molar-refractivity contribution is 5.92. The van der Waals surface area contributed by atoms with Crippen LogP contribution < -0.4 is 5.32 Å². The number of rotatable bonds is 6. The maximum absolute atomic E-state index is 12.4. The van der Waals surface area contributed by atoms with Crippen molar-refractivity contribution in [3.05, 3.63) is 47.5 Å². The summed E-state index contributed by atoms with van der Waals surface area (Å²) in [5, 5.41) is 10.1. The molecule has 1 aliphatic heterocycles. The number of H-pyrrole nitrogens is 1. The average molecular weight is 314 g/mol. The lowest BCUT2D eigenvalue weighted by Gasteiger charge is -2.18. The lowest BCUT2D eigenvalue weighted by Crippen LogP contribution is -2.40. The molecule has 2 aromatic heterocycles. The first-order valence-corrected chi connectivity index (χ1v) is 8.08. The maximum atomic E-state index is 12.4. The van der Waals surface area contributed by atoms with Crippen LogP contribution in [0.4, 0.5) is 0 Å². The lowest BCUT2D eigenvalue weighted by atomic mass is 9.95. The number of nitrogens with one attached hydrogen (secondary N) is 2. The summed E-state index contributed by atoms with van der Waals surface area (Å²) in [5.74, 6) is 0.134. The molecule has 122 valence electrons. The predicted octanol–water partition coefficient (Wildman–Crippen LogP) is 1.74. The molecule has 6 heteroatoms. The molecule has 0 saturated carbocycles. The molecule has 3 rings (SSSR count). The Morgan fingerprint density at radius 3 is 3.00 bits per heavy atom. The summed E-state index contributed by atoms with van der Waals surface area (Å²) < 4.78 is 5.56. The Morgan fingerprint density at radius 1 is 1.39 bits per heavy atom. The average Bonchev–Trinajstić information content (AvgIpc) is 3.19. The summed E-state index contributed by atoms with van der Waals surface area (Å²) in [6.07, 6.45) is 6.37. The third kappa shape index (κ3) is 3.96. The van der Waals surface area contributed by atoms with Gasteiger partial charge in [-0.05, 0) is 36.6 Å². The third-order valence-corrected chi connectivity index (χ3v) is 4.14. The van der Waals surface area contributed by atoms with Gasteiger partial charge in [0.2, 0.25) is 0 Å². The van der Waals surface area contributed by atoms with E-state index in [1.807, 2.05) is 18.2 Å². The number of hydrogen-bond donors (Lipinski definition) is 2. The number of aromatic amines is 1. The fourth-order valence-corrected chi connectivity index (χ4v) is 2.90. The number of ether oxygens (including phenoxy) is 1. The fraction of sp³-hybridized carbons (Fsp3) is 0.471. The quantitative estimate of drug-likeness (QED) is 0.851. The third-order valence-electron chi connectivity index (χ3n) is 4.14. The molecule has 0 radical (unpaired) electrons. The number of aromatic nitrogens is 3. The molecular formula is C17H22N4O2. The van der Waals surface area contributed by atoms with Crippen LogP contribution in [0.5, 0.6) is 0 Å². The van der Waals surface area contributed by atoms with Gasteiger partial charge in [-0.25, -0.2) is 0 Å². The van der Waals surface area contributed by atoms with E-state index in [1.54, 1.807) is 12.4 Å². The minimum absolute atomic E-state index is 0.0157. The van der Waals surface area contributed by atoms with E-state index >= 15 is 0 Å². The Kier molecular flexibility index (Phi) is 5.02. The molecule has 1 saturated heterocycles. The molecule has 0 unspecified atom stereocenters. The van der Waals surface area contributed by atoms with Crippen LogP contribution in [0.25, 0.3) is 0 Å². The van der Waals surface area contributed by atoms with E-state index < -0.39 is 0 Å². The Morgan fingerprint density at radius 2 is 2.22 bits per heavy atom. The van der Waals surface area contributed by atoms with Gasteiger partial charge < -0.3 is 10.1 Å². The van der Waals surface area contributed by atoms with Crippen molar-refractivity contribution in [2.75, 3.05) is 13.2 Å². The van der Waals surface area contributed by atoms with Gasteiger partial charge in [-0.2, -0.15) is 5.10 Å². The van der Waals surface area contributed by atoms with Crippen molar-refractivity contribution in [2.24, 2.45) is 5.92 Å². The summed E-state index contributed by atoms with van der Waals surface area (Å²) in [6, 6.07) is 5.85. The highest BCUT2D eigenvalue weighted by Gasteiger charge is 2.30. The van der Waals surface area contributed by atoms with Crippen molar-refractivity contribution in [1.29, 1.82) is 0 Å². The van der Waals surface area contributed by atoms with Gasteiger partial charge in [0.05, 0.1) is 19.3 Å². The van der Waals surface area contributed by atoms with Crippen molar-refractivity contribution in [2.45, 2.75) is 32.2 Å². The van der Waals surface area contributed by atoms with Crippen LogP contribution in [0.3, 0.4) is 0 Å². The monoisotopic (exact) mass is 314 g/mol. The topological polar surface area (TPSA) is 79.9 Å². The molecule has 1 aliphatic rings.